The Kier molecular flexibility index (Phi) is 2.67. The molecule has 0 bridgehead atoms. The lowest BCUT2D eigenvalue weighted by atomic mass is 10.1. The summed E-state index contributed by atoms with van der Waals surface area (Å²) in [6.07, 6.45) is 1.18. The standard InChI is InChI=1S/C11H11NO3/c13-7-11(14)12-6-8-1-2-10-9(5-8)3-4-15-10/h1-2,5,7H,3-4,6H2,(H,12,14). The molecule has 0 atom stereocenters. The van der Waals surface area contributed by atoms with Crippen LogP contribution in [0.3, 0.4) is 0 Å². The fourth-order valence-electron chi connectivity index (χ4n) is 1.58. The Hall–Kier alpha value is -1.84. The Morgan fingerprint density at radius 1 is 1.53 bits per heavy atom. The lowest BCUT2D eigenvalue weighted by molar-refractivity contribution is -0.131. The summed E-state index contributed by atoms with van der Waals surface area (Å²) in [5, 5.41) is 2.49. The molecule has 1 amide bonds. The first-order valence-electron chi connectivity index (χ1n) is 4.77. The molecular weight excluding hydrogens is 194 g/mol. The summed E-state index contributed by atoms with van der Waals surface area (Å²) in [5.74, 6) is 0.326. The van der Waals surface area contributed by atoms with Crippen LogP contribution in [0.25, 0.3) is 0 Å². The van der Waals surface area contributed by atoms with Crippen LogP contribution < -0.4 is 10.1 Å². The van der Waals surface area contributed by atoms with E-state index in [9.17, 15) is 9.59 Å². The lowest BCUT2D eigenvalue weighted by Gasteiger charge is -2.04. The minimum atomic E-state index is -0.591. The molecule has 1 aliphatic rings. The Balaban J connectivity index is 2.04. The van der Waals surface area contributed by atoms with Crippen LogP contribution >= 0.6 is 0 Å². The molecule has 4 nitrogen and oxygen atoms in total. The van der Waals surface area contributed by atoms with Crippen LogP contribution in [0.2, 0.25) is 0 Å². The molecule has 1 aromatic rings. The number of rotatable bonds is 3. The zero-order valence-corrected chi connectivity index (χ0v) is 8.16. The molecule has 0 unspecified atom stereocenters. The summed E-state index contributed by atoms with van der Waals surface area (Å²) in [4.78, 5) is 20.8. The highest BCUT2D eigenvalue weighted by Gasteiger charge is 2.11. The molecule has 0 saturated carbocycles. The smallest absolute Gasteiger partial charge is 0.284 e. The van der Waals surface area contributed by atoms with Gasteiger partial charge in [-0.2, -0.15) is 0 Å². The van der Waals surface area contributed by atoms with E-state index in [1.165, 1.54) is 0 Å². The number of fused-ring (bicyclic) bond motifs is 1. The fourth-order valence-corrected chi connectivity index (χ4v) is 1.58. The number of hydrogen-bond donors (Lipinski definition) is 1. The van der Waals surface area contributed by atoms with Crippen LogP contribution in [-0.4, -0.2) is 18.8 Å². The molecule has 78 valence electrons. The number of benzene rings is 1. The first-order chi connectivity index (χ1) is 7.29. The first kappa shape index (κ1) is 9.71. The van der Waals surface area contributed by atoms with Crippen molar-refractivity contribution in [2.24, 2.45) is 0 Å². The van der Waals surface area contributed by atoms with Crippen molar-refractivity contribution >= 4 is 12.2 Å². The predicted octanol–water partition coefficient (Wildman–Crippen LogP) is 0.437. The first-order valence-corrected chi connectivity index (χ1v) is 4.77. The van der Waals surface area contributed by atoms with Gasteiger partial charge >= 0.3 is 0 Å². The van der Waals surface area contributed by atoms with Gasteiger partial charge in [0.2, 0.25) is 6.29 Å². The van der Waals surface area contributed by atoms with Crippen LogP contribution in [0.15, 0.2) is 18.2 Å². The van der Waals surface area contributed by atoms with Crippen molar-refractivity contribution in [3.05, 3.63) is 29.3 Å². The normalized spacial score (nSPS) is 12.8. The number of aldehydes is 1. The summed E-state index contributed by atoms with van der Waals surface area (Å²) < 4.78 is 5.36. The Bertz CT molecular complexity index is 401. The number of amides is 1. The minimum Gasteiger partial charge on any atom is -0.493 e. The van der Waals surface area contributed by atoms with Gasteiger partial charge in [0.1, 0.15) is 5.75 Å². The number of hydrogen-bond acceptors (Lipinski definition) is 3. The largest absolute Gasteiger partial charge is 0.493 e. The molecule has 1 N–H and O–H groups in total. The molecule has 0 fully saturated rings. The van der Waals surface area contributed by atoms with Gasteiger partial charge in [0, 0.05) is 13.0 Å². The summed E-state index contributed by atoms with van der Waals surface area (Å²) >= 11 is 0. The maximum absolute atomic E-state index is 10.7. The molecule has 1 aliphatic heterocycles. The van der Waals surface area contributed by atoms with E-state index >= 15 is 0 Å². The number of nitrogens with one attached hydrogen (secondary N) is 1. The van der Waals surface area contributed by atoms with Crippen molar-refractivity contribution in [3.63, 3.8) is 0 Å². The van der Waals surface area contributed by atoms with E-state index < -0.39 is 5.91 Å². The highest BCUT2D eigenvalue weighted by atomic mass is 16.5. The van der Waals surface area contributed by atoms with Gasteiger partial charge in [0.15, 0.2) is 0 Å². The molecule has 15 heavy (non-hydrogen) atoms. The summed E-state index contributed by atoms with van der Waals surface area (Å²) in [7, 11) is 0. The third-order valence-corrected chi connectivity index (χ3v) is 2.33. The summed E-state index contributed by atoms with van der Waals surface area (Å²) in [6.45, 7) is 1.10. The van der Waals surface area contributed by atoms with E-state index in [1.807, 2.05) is 18.2 Å². The highest BCUT2D eigenvalue weighted by molar-refractivity contribution is 6.23. The van der Waals surface area contributed by atoms with E-state index in [1.54, 1.807) is 0 Å². The highest BCUT2D eigenvalue weighted by Crippen LogP contribution is 2.25. The predicted molar refractivity (Wildman–Crippen MR) is 53.6 cm³/mol. The van der Waals surface area contributed by atoms with E-state index in [4.69, 9.17) is 4.74 Å². The lowest BCUT2D eigenvalue weighted by Crippen LogP contribution is -2.23. The van der Waals surface area contributed by atoms with Crippen LogP contribution in [0.5, 0.6) is 5.75 Å². The second kappa shape index (κ2) is 4.13. The van der Waals surface area contributed by atoms with E-state index in [2.05, 4.69) is 5.32 Å². The van der Waals surface area contributed by atoms with Gasteiger partial charge in [-0.25, -0.2) is 0 Å². The third-order valence-electron chi connectivity index (χ3n) is 2.33. The van der Waals surface area contributed by atoms with E-state index in [0.717, 1.165) is 29.9 Å². The van der Waals surface area contributed by atoms with Crippen molar-refractivity contribution < 1.29 is 14.3 Å². The van der Waals surface area contributed by atoms with Crippen molar-refractivity contribution in [1.29, 1.82) is 0 Å². The van der Waals surface area contributed by atoms with Gasteiger partial charge in [-0.15, -0.1) is 0 Å². The SMILES string of the molecule is O=CC(=O)NCc1ccc2c(c1)CCO2. The fraction of sp³-hybridized carbons (Fsp3) is 0.273. The van der Waals surface area contributed by atoms with Gasteiger partial charge < -0.3 is 10.1 Å². The number of carbonyl (C=O) groups excluding carboxylic acids is 2. The summed E-state index contributed by atoms with van der Waals surface area (Å²) in [5.41, 5.74) is 2.14. The second-order valence-corrected chi connectivity index (χ2v) is 3.38. The molecule has 0 aliphatic carbocycles. The van der Waals surface area contributed by atoms with Gasteiger partial charge in [-0.1, -0.05) is 12.1 Å². The zero-order chi connectivity index (χ0) is 10.7. The van der Waals surface area contributed by atoms with Crippen LogP contribution in [0, 0.1) is 0 Å². The van der Waals surface area contributed by atoms with Crippen molar-refractivity contribution in [2.45, 2.75) is 13.0 Å². The zero-order valence-electron chi connectivity index (χ0n) is 8.16. The van der Waals surface area contributed by atoms with E-state index in [-0.39, 0.29) is 6.29 Å². The second-order valence-electron chi connectivity index (χ2n) is 3.38. The van der Waals surface area contributed by atoms with Gasteiger partial charge in [0.05, 0.1) is 6.61 Å². The Morgan fingerprint density at radius 3 is 3.20 bits per heavy atom. The van der Waals surface area contributed by atoms with Gasteiger partial charge in [0.25, 0.3) is 5.91 Å². The number of ether oxygens (including phenoxy) is 1. The Morgan fingerprint density at radius 2 is 2.40 bits per heavy atom. The topological polar surface area (TPSA) is 55.4 Å². The van der Waals surface area contributed by atoms with Gasteiger partial charge in [-0.3, -0.25) is 9.59 Å². The molecule has 1 heterocycles. The van der Waals surface area contributed by atoms with Crippen LogP contribution in [0.1, 0.15) is 11.1 Å². The molecule has 0 radical (unpaired) electrons. The number of carbonyl (C=O) groups is 2. The average Bonchev–Trinajstić information content (AvgIpc) is 2.72. The molecule has 0 aromatic heterocycles. The van der Waals surface area contributed by atoms with Crippen molar-refractivity contribution in [1.82, 2.24) is 5.32 Å². The van der Waals surface area contributed by atoms with E-state index in [0.29, 0.717) is 6.54 Å². The maximum Gasteiger partial charge on any atom is 0.284 e. The monoisotopic (exact) mass is 205 g/mol. The Labute approximate surface area is 87.2 Å². The van der Waals surface area contributed by atoms with Crippen molar-refractivity contribution in [3.8, 4) is 5.75 Å². The third kappa shape index (κ3) is 2.15. The molecule has 0 saturated heterocycles. The molecule has 1 aromatic carbocycles. The van der Waals surface area contributed by atoms with Gasteiger partial charge in [-0.05, 0) is 17.2 Å². The average molecular weight is 205 g/mol. The molecule has 0 spiro atoms. The van der Waals surface area contributed by atoms with Crippen molar-refractivity contribution in [2.75, 3.05) is 6.61 Å². The quantitative estimate of drug-likeness (QED) is 0.575. The minimum absolute atomic E-state index is 0.274. The van der Waals surface area contributed by atoms with Crippen LogP contribution in [-0.2, 0) is 22.6 Å². The molecule has 4 heteroatoms. The molecule has 2 rings (SSSR count). The summed E-state index contributed by atoms with van der Waals surface area (Å²) in [6, 6.07) is 5.77. The molecular formula is C11H11NO3. The maximum atomic E-state index is 10.7. The van der Waals surface area contributed by atoms with Crippen LogP contribution in [0.4, 0.5) is 0 Å².